The van der Waals surface area contributed by atoms with Crippen molar-refractivity contribution in [2.45, 2.75) is 44.6 Å². The zero-order valence-corrected chi connectivity index (χ0v) is 8.45. The van der Waals surface area contributed by atoms with E-state index >= 15 is 0 Å². The van der Waals surface area contributed by atoms with E-state index in [4.69, 9.17) is 10.5 Å². The second kappa shape index (κ2) is 3.26. The highest BCUT2D eigenvalue weighted by Crippen LogP contribution is 2.41. The molecule has 0 aromatic heterocycles. The molecule has 4 heteroatoms. The summed E-state index contributed by atoms with van der Waals surface area (Å²) in [6.07, 6.45) is 4.98. The maximum absolute atomic E-state index is 11.7. The van der Waals surface area contributed by atoms with Gasteiger partial charge in [-0.2, -0.15) is 4.99 Å². The lowest BCUT2D eigenvalue weighted by atomic mass is 9.73. The topological polar surface area (TPSA) is 64.7 Å². The lowest BCUT2D eigenvalue weighted by Crippen LogP contribution is -2.47. The van der Waals surface area contributed by atoms with Crippen molar-refractivity contribution in [2.24, 2.45) is 16.6 Å². The molecule has 2 aliphatic rings. The fourth-order valence-corrected chi connectivity index (χ4v) is 2.61. The van der Waals surface area contributed by atoms with Crippen LogP contribution in [-0.2, 0) is 9.53 Å². The number of carbonyl (C=O) groups excluding carboxylic acids is 1. The number of hydrogen-bond donors (Lipinski definition) is 1. The van der Waals surface area contributed by atoms with Crippen molar-refractivity contribution in [3.63, 3.8) is 0 Å². The Morgan fingerprint density at radius 1 is 1.64 bits per heavy atom. The summed E-state index contributed by atoms with van der Waals surface area (Å²) >= 11 is 0. The van der Waals surface area contributed by atoms with Crippen molar-refractivity contribution >= 4 is 11.9 Å². The lowest BCUT2D eigenvalue weighted by Gasteiger charge is -2.37. The summed E-state index contributed by atoms with van der Waals surface area (Å²) in [4.78, 5) is 15.4. The van der Waals surface area contributed by atoms with Gasteiger partial charge in [0.2, 0.25) is 0 Å². The van der Waals surface area contributed by atoms with Gasteiger partial charge in [0.05, 0.1) is 0 Å². The zero-order chi connectivity index (χ0) is 10.2. The number of ether oxygens (including phenoxy) is 1. The zero-order valence-electron chi connectivity index (χ0n) is 8.45. The second-order valence-corrected chi connectivity index (χ2v) is 4.10. The van der Waals surface area contributed by atoms with Crippen LogP contribution in [0.2, 0.25) is 0 Å². The van der Waals surface area contributed by atoms with Crippen molar-refractivity contribution in [1.82, 2.24) is 0 Å². The molecule has 2 unspecified atom stereocenters. The number of rotatable bonds is 1. The van der Waals surface area contributed by atoms with E-state index in [-0.39, 0.29) is 17.8 Å². The molecule has 0 aromatic carbocycles. The van der Waals surface area contributed by atoms with Crippen LogP contribution in [0.4, 0.5) is 0 Å². The van der Waals surface area contributed by atoms with E-state index < -0.39 is 5.60 Å². The van der Waals surface area contributed by atoms with Crippen molar-refractivity contribution in [2.75, 3.05) is 0 Å². The van der Waals surface area contributed by atoms with Crippen molar-refractivity contribution in [1.29, 1.82) is 0 Å². The Balaban J connectivity index is 2.25. The van der Waals surface area contributed by atoms with Gasteiger partial charge in [-0.1, -0.05) is 13.3 Å². The van der Waals surface area contributed by atoms with Gasteiger partial charge in [-0.15, -0.1) is 0 Å². The molecule has 2 atom stereocenters. The Hall–Kier alpha value is -1.06. The third kappa shape index (κ3) is 1.21. The highest BCUT2D eigenvalue weighted by atomic mass is 16.5. The van der Waals surface area contributed by atoms with E-state index in [9.17, 15) is 4.79 Å². The number of amidine groups is 1. The van der Waals surface area contributed by atoms with Crippen LogP contribution in [0.1, 0.15) is 39.0 Å². The fraction of sp³-hybridized carbons (Fsp3) is 0.800. The third-order valence-electron chi connectivity index (χ3n) is 3.36. The summed E-state index contributed by atoms with van der Waals surface area (Å²) in [7, 11) is 0. The molecule has 1 fully saturated rings. The Morgan fingerprint density at radius 3 is 3.00 bits per heavy atom. The second-order valence-electron chi connectivity index (χ2n) is 4.10. The third-order valence-corrected chi connectivity index (χ3v) is 3.36. The monoisotopic (exact) mass is 196 g/mol. The summed E-state index contributed by atoms with van der Waals surface area (Å²) in [6, 6.07) is 0.0513. The van der Waals surface area contributed by atoms with Crippen molar-refractivity contribution in [3.05, 3.63) is 0 Å². The van der Waals surface area contributed by atoms with Crippen LogP contribution in [-0.4, -0.2) is 17.5 Å². The van der Waals surface area contributed by atoms with Crippen LogP contribution in [0, 0.1) is 5.92 Å². The van der Waals surface area contributed by atoms with Crippen LogP contribution in [0.5, 0.6) is 0 Å². The molecule has 1 saturated carbocycles. The maximum Gasteiger partial charge on any atom is 0.294 e. The van der Waals surface area contributed by atoms with E-state index in [0.717, 1.165) is 25.7 Å². The standard InChI is InChI=1S/C10H16N2O2/c1-2-7-5-3-4-6-10(7)8(13)12-9(11)14-10/h7H,2-6H2,1H3,(H2,11,12,13). The molecule has 1 spiro atoms. The van der Waals surface area contributed by atoms with Gasteiger partial charge in [-0.3, -0.25) is 4.79 Å². The summed E-state index contributed by atoms with van der Waals surface area (Å²) in [5.41, 5.74) is 4.76. The molecule has 0 bridgehead atoms. The fourth-order valence-electron chi connectivity index (χ4n) is 2.61. The molecular weight excluding hydrogens is 180 g/mol. The Morgan fingerprint density at radius 2 is 2.43 bits per heavy atom. The first-order valence-corrected chi connectivity index (χ1v) is 5.26. The van der Waals surface area contributed by atoms with E-state index in [1.54, 1.807) is 0 Å². The largest absolute Gasteiger partial charge is 0.448 e. The van der Waals surface area contributed by atoms with Crippen molar-refractivity contribution in [3.8, 4) is 0 Å². The van der Waals surface area contributed by atoms with Crippen LogP contribution in [0.25, 0.3) is 0 Å². The molecule has 1 amide bonds. The predicted molar refractivity (Wildman–Crippen MR) is 52.7 cm³/mol. The number of nitrogens with zero attached hydrogens (tertiary/aromatic N) is 1. The number of nitrogens with two attached hydrogens (primary N) is 1. The molecule has 0 saturated heterocycles. The SMILES string of the molecule is CCC1CCCCC12OC(N)=NC2=O. The van der Waals surface area contributed by atoms with Gasteiger partial charge >= 0.3 is 0 Å². The summed E-state index contributed by atoms with van der Waals surface area (Å²) in [5, 5.41) is 0. The van der Waals surface area contributed by atoms with E-state index in [0.29, 0.717) is 0 Å². The minimum atomic E-state index is -0.697. The van der Waals surface area contributed by atoms with Gasteiger partial charge in [0.1, 0.15) is 0 Å². The Kier molecular flexibility index (Phi) is 2.21. The maximum atomic E-state index is 11.7. The molecule has 2 N–H and O–H groups in total. The molecule has 1 aliphatic carbocycles. The highest BCUT2D eigenvalue weighted by Gasteiger charge is 2.52. The van der Waals surface area contributed by atoms with E-state index in [2.05, 4.69) is 11.9 Å². The molecule has 1 aliphatic heterocycles. The highest BCUT2D eigenvalue weighted by molar-refractivity contribution is 6.01. The van der Waals surface area contributed by atoms with Crippen LogP contribution < -0.4 is 5.73 Å². The molecule has 78 valence electrons. The minimum Gasteiger partial charge on any atom is -0.448 e. The first-order chi connectivity index (χ1) is 6.69. The van der Waals surface area contributed by atoms with Gasteiger partial charge in [-0.25, -0.2) is 0 Å². The number of carbonyl (C=O) groups is 1. The lowest BCUT2D eigenvalue weighted by molar-refractivity contribution is -0.139. The number of amides is 1. The van der Waals surface area contributed by atoms with Crippen LogP contribution in [0.15, 0.2) is 4.99 Å². The van der Waals surface area contributed by atoms with Crippen molar-refractivity contribution < 1.29 is 9.53 Å². The summed E-state index contributed by atoms with van der Waals surface area (Å²) < 4.78 is 5.48. The Bertz CT molecular complexity index is 288. The van der Waals surface area contributed by atoms with Gasteiger partial charge in [0, 0.05) is 5.92 Å². The average Bonchev–Trinajstić information content (AvgIpc) is 2.43. The normalized spacial score (nSPS) is 37.1. The first kappa shape index (κ1) is 9.49. The molecule has 1 heterocycles. The Labute approximate surface area is 83.5 Å². The summed E-state index contributed by atoms with van der Waals surface area (Å²) in [6.45, 7) is 2.09. The quantitative estimate of drug-likeness (QED) is 0.685. The summed E-state index contributed by atoms with van der Waals surface area (Å²) in [5.74, 6) is 0.120. The number of aliphatic imine (C=N–C) groups is 1. The molecule has 0 radical (unpaired) electrons. The van der Waals surface area contributed by atoms with Crippen LogP contribution >= 0.6 is 0 Å². The van der Waals surface area contributed by atoms with Gasteiger partial charge in [0.15, 0.2) is 5.60 Å². The smallest absolute Gasteiger partial charge is 0.294 e. The van der Waals surface area contributed by atoms with Gasteiger partial charge < -0.3 is 10.5 Å². The van der Waals surface area contributed by atoms with Gasteiger partial charge in [0.25, 0.3) is 11.9 Å². The molecule has 0 aromatic rings. The average molecular weight is 196 g/mol. The molecule has 14 heavy (non-hydrogen) atoms. The first-order valence-electron chi connectivity index (χ1n) is 5.26. The van der Waals surface area contributed by atoms with Crippen LogP contribution in [0.3, 0.4) is 0 Å². The van der Waals surface area contributed by atoms with E-state index in [1.165, 1.54) is 6.42 Å². The molecule has 4 nitrogen and oxygen atoms in total. The van der Waals surface area contributed by atoms with Gasteiger partial charge in [-0.05, 0) is 25.7 Å². The molecular formula is C10H16N2O2. The molecule has 2 rings (SSSR count). The predicted octanol–water partition coefficient (Wildman–Crippen LogP) is 1.20. The van der Waals surface area contributed by atoms with E-state index in [1.807, 2.05) is 0 Å². The minimum absolute atomic E-state index is 0.0513. The number of hydrogen-bond acceptors (Lipinski definition) is 3.